The molecule has 0 radical (unpaired) electrons. The third kappa shape index (κ3) is 1.53. The van der Waals surface area contributed by atoms with Gasteiger partial charge in [0, 0.05) is 22.5 Å². The van der Waals surface area contributed by atoms with Gasteiger partial charge >= 0.3 is 0 Å². The molecule has 0 fully saturated rings. The number of hydrogen-bond donors (Lipinski definition) is 1. The molecular formula is C17H13NS. The molecule has 0 amide bonds. The third-order valence-corrected chi connectivity index (χ3v) is 4.72. The number of anilines is 1. The quantitative estimate of drug-likeness (QED) is 0.500. The van der Waals surface area contributed by atoms with Crippen LogP contribution >= 0.6 is 11.3 Å². The van der Waals surface area contributed by atoms with Gasteiger partial charge in [-0.1, -0.05) is 42.5 Å². The van der Waals surface area contributed by atoms with Crippen LogP contribution in [0.1, 0.15) is 11.1 Å². The van der Waals surface area contributed by atoms with Crippen LogP contribution in [0.25, 0.3) is 21.6 Å². The Labute approximate surface area is 116 Å². The zero-order valence-corrected chi connectivity index (χ0v) is 11.2. The van der Waals surface area contributed by atoms with Gasteiger partial charge < -0.3 is 5.73 Å². The Kier molecular flexibility index (Phi) is 2.26. The zero-order chi connectivity index (χ0) is 12.8. The second-order valence-corrected chi connectivity index (χ2v) is 5.81. The molecule has 1 aromatic heterocycles. The largest absolute Gasteiger partial charge is 0.398 e. The second-order valence-electron chi connectivity index (χ2n) is 4.86. The fourth-order valence-electron chi connectivity index (χ4n) is 2.88. The Morgan fingerprint density at radius 1 is 0.842 bits per heavy atom. The van der Waals surface area contributed by atoms with Gasteiger partial charge in [0.05, 0.1) is 0 Å². The first-order valence-corrected chi connectivity index (χ1v) is 7.26. The topological polar surface area (TPSA) is 26.0 Å². The highest BCUT2D eigenvalue weighted by molar-refractivity contribution is 7.13. The number of benzene rings is 2. The lowest BCUT2D eigenvalue weighted by atomic mass is 10.0. The second kappa shape index (κ2) is 3.97. The van der Waals surface area contributed by atoms with E-state index in [1.165, 1.54) is 32.7 Å². The summed E-state index contributed by atoms with van der Waals surface area (Å²) in [5, 5.41) is 2.09. The van der Waals surface area contributed by atoms with Crippen LogP contribution in [0.2, 0.25) is 0 Å². The van der Waals surface area contributed by atoms with Crippen LogP contribution in [0, 0.1) is 0 Å². The van der Waals surface area contributed by atoms with Crippen LogP contribution in [0.3, 0.4) is 0 Å². The number of nitrogen functional groups attached to an aromatic ring is 1. The van der Waals surface area contributed by atoms with E-state index in [9.17, 15) is 0 Å². The summed E-state index contributed by atoms with van der Waals surface area (Å²) in [7, 11) is 0. The predicted molar refractivity (Wildman–Crippen MR) is 82.4 cm³/mol. The Morgan fingerprint density at radius 2 is 1.68 bits per heavy atom. The van der Waals surface area contributed by atoms with Crippen molar-refractivity contribution >= 4 is 17.0 Å². The summed E-state index contributed by atoms with van der Waals surface area (Å²) in [5.41, 5.74) is 13.8. The van der Waals surface area contributed by atoms with Crippen molar-refractivity contribution in [2.75, 3.05) is 5.73 Å². The lowest BCUT2D eigenvalue weighted by molar-refractivity contribution is 1.27. The van der Waals surface area contributed by atoms with Crippen LogP contribution < -0.4 is 5.73 Å². The molecule has 2 aromatic carbocycles. The first kappa shape index (κ1) is 10.8. The van der Waals surface area contributed by atoms with Crippen molar-refractivity contribution < 1.29 is 0 Å². The third-order valence-electron chi connectivity index (χ3n) is 3.82. The molecule has 0 saturated carbocycles. The Hall–Kier alpha value is -2.06. The van der Waals surface area contributed by atoms with E-state index in [1.54, 1.807) is 11.3 Å². The summed E-state index contributed by atoms with van der Waals surface area (Å²) in [5.74, 6) is 0. The summed E-state index contributed by atoms with van der Waals surface area (Å²) in [4.78, 5) is 1.25. The maximum atomic E-state index is 6.41. The summed E-state index contributed by atoms with van der Waals surface area (Å²) in [6, 6.07) is 17.1. The van der Waals surface area contributed by atoms with Gasteiger partial charge in [-0.3, -0.25) is 0 Å². The molecule has 1 aliphatic rings. The van der Waals surface area contributed by atoms with Crippen molar-refractivity contribution in [3.63, 3.8) is 0 Å². The molecule has 3 aromatic rings. The molecule has 0 spiro atoms. The van der Waals surface area contributed by atoms with Gasteiger partial charge in [0.1, 0.15) is 0 Å². The van der Waals surface area contributed by atoms with Crippen LogP contribution in [-0.4, -0.2) is 0 Å². The molecule has 0 saturated heterocycles. The molecule has 1 aliphatic carbocycles. The molecule has 0 unspecified atom stereocenters. The number of thiophene rings is 1. The van der Waals surface area contributed by atoms with E-state index in [1.807, 2.05) is 0 Å². The fourth-order valence-corrected chi connectivity index (χ4v) is 3.65. The summed E-state index contributed by atoms with van der Waals surface area (Å²) in [6.45, 7) is 0. The number of rotatable bonds is 1. The lowest BCUT2D eigenvalue weighted by Gasteiger charge is -2.09. The Balaban J connectivity index is 1.94. The summed E-state index contributed by atoms with van der Waals surface area (Å²) in [6.07, 6.45) is 0.955. The van der Waals surface area contributed by atoms with Gasteiger partial charge in [-0.15, -0.1) is 11.3 Å². The summed E-state index contributed by atoms with van der Waals surface area (Å²) >= 11 is 1.74. The van der Waals surface area contributed by atoms with E-state index in [2.05, 4.69) is 53.9 Å². The highest BCUT2D eigenvalue weighted by Gasteiger charge is 2.21. The first-order valence-electron chi connectivity index (χ1n) is 6.38. The molecule has 1 nitrogen and oxygen atoms in total. The molecule has 0 aliphatic heterocycles. The number of fused-ring (bicyclic) bond motifs is 3. The molecule has 2 heteroatoms. The summed E-state index contributed by atoms with van der Waals surface area (Å²) < 4.78 is 0. The first-order chi connectivity index (χ1) is 9.34. The molecule has 2 N–H and O–H groups in total. The van der Waals surface area contributed by atoms with E-state index in [4.69, 9.17) is 5.73 Å². The van der Waals surface area contributed by atoms with E-state index < -0.39 is 0 Å². The highest BCUT2D eigenvalue weighted by Crippen LogP contribution is 2.43. The van der Waals surface area contributed by atoms with E-state index in [0.717, 1.165) is 12.1 Å². The molecule has 92 valence electrons. The SMILES string of the molecule is Nc1c(-c2cccs2)ccc2c1Cc1ccccc1-2. The molecule has 4 rings (SSSR count). The van der Waals surface area contributed by atoms with Gasteiger partial charge in [-0.2, -0.15) is 0 Å². The maximum Gasteiger partial charge on any atom is 0.0444 e. The minimum absolute atomic E-state index is 0.941. The molecule has 1 heterocycles. The Morgan fingerprint density at radius 3 is 2.53 bits per heavy atom. The number of hydrogen-bond acceptors (Lipinski definition) is 2. The minimum Gasteiger partial charge on any atom is -0.398 e. The molecule has 19 heavy (non-hydrogen) atoms. The average molecular weight is 263 g/mol. The van der Waals surface area contributed by atoms with Gasteiger partial charge in [0.2, 0.25) is 0 Å². The van der Waals surface area contributed by atoms with Crippen molar-refractivity contribution in [3.8, 4) is 21.6 Å². The van der Waals surface area contributed by atoms with E-state index >= 15 is 0 Å². The van der Waals surface area contributed by atoms with Crippen LogP contribution in [-0.2, 0) is 6.42 Å². The smallest absolute Gasteiger partial charge is 0.0444 e. The van der Waals surface area contributed by atoms with E-state index in [-0.39, 0.29) is 0 Å². The van der Waals surface area contributed by atoms with Crippen molar-refractivity contribution in [2.45, 2.75) is 6.42 Å². The van der Waals surface area contributed by atoms with Gasteiger partial charge in [0.25, 0.3) is 0 Å². The van der Waals surface area contributed by atoms with Crippen molar-refractivity contribution in [3.05, 3.63) is 65.0 Å². The van der Waals surface area contributed by atoms with Crippen LogP contribution in [0.15, 0.2) is 53.9 Å². The standard InChI is InChI=1S/C17H13NS/c18-17-14(16-6-3-9-19-16)8-7-13-12-5-2-1-4-11(12)10-15(13)17/h1-9H,10,18H2. The van der Waals surface area contributed by atoms with Gasteiger partial charge in [-0.25, -0.2) is 0 Å². The van der Waals surface area contributed by atoms with E-state index in [0.29, 0.717) is 0 Å². The van der Waals surface area contributed by atoms with Gasteiger partial charge in [-0.05, 0) is 33.7 Å². The van der Waals surface area contributed by atoms with Crippen molar-refractivity contribution in [1.29, 1.82) is 0 Å². The molecule has 0 bridgehead atoms. The maximum absolute atomic E-state index is 6.41. The average Bonchev–Trinajstić information content (AvgIpc) is 3.06. The zero-order valence-electron chi connectivity index (χ0n) is 10.4. The van der Waals surface area contributed by atoms with Gasteiger partial charge in [0.15, 0.2) is 0 Å². The molecular weight excluding hydrogens is 250 g/mol. The minimum atomic E-state index is 0.941. The van der Waals surface area contributed by atoms with Crippen LogP contribution in [0.4, 0.5) is 5.69 Å². The molecule has 0 atom stereocenters. The van der Waals surface area contributed by atoms with Crippen molar-refractivity contribution in [2.24, 2.45) is 0 Å². The fraction of sp³-hybridized carbons (Fsp3) is 0.0588. The highest BCUT2D eigenvalue weighted by atomic mass is 32.1. The normalized spacial score (nSPS) is 12.2. The predicted octanol–water partition coefficient (Wildman–Crippen LogP) is 4.57. The van der Waals surface area contributed by atoms with Crippen LogP contribution in [0.5, 0.6) is 0 Å². The lowest BCUT2D eigenvalue weighted by Crippen LogP contribution is -1.95. The monoisotopic (exact) mass is 263 g/mol. The Bertz CT molecular complexity index is 757. The number of nitrogens with two attached hydrogens (primary N) is 1. The van der Waals surface area contributed by atoms with Crippen molar-refractivity contribution in [1.82, 2.24) is 0 Å².